The number of ether oxygens (including phenoxy) is 3. The van der Waals surface area contributed by atoms with Gasteiger partial charge >= 0.3 is 0 Å². The highest BCUT2D eigenvalue weighted by Gasteiger charge is 2.31. The minimum absolute atomic E-state index is 0.0930. The van der Waals surface area contributed by atoms with Crippen molar-refractivity contribution in [3.05, 3.63) is 82.1 Å². The van der Waals surface area contributed by atoms with Crippen LogP contribution in [0, 0.1) is 11.7 Å². The molecule has 1 fully saturated rings. The van der Waals surface area contributed by atoms with E-state index in [0.717, 1.165) is 47.0 Å². The molecule has 2 heterocycles. The Morgan fingerprint density at radius 2 is 1.89 bits per heavy atom. The van der Waals surface area contributed by atoms with Crippen LogP contribution in [0.3, 0.4) is 0 Å². The average Bonchev–Trinajstić information content (AvgIpc) is 3.35. The monoisotopic (exact) mass is 537 g/mol. The molecule has 2 aliphatic rings. The van der Waals surface area contributed by atoms with Gasteiger partial charge in [0.15, 0.2) is 11.6 Å². The fourth-order valence-electron chi connectivity index (χ4n) is 5.34. The van der Waals surface area contributed by atoms with Gasteiger partial charge in [-0.15, -0.1) is 0 Å². The quantitative estimate of drug-likeness (QED) is 0.341. The maximum Gasteiger partial charge on any atom is 0.166 e. The molecule has 0 aliphatic carbocycles. The molecule has 3 unspecified atom stereocenters. The zero-order chi connectivity index (χ0) is 27.0. The van der Waals surface area contributed by atoms with Crippen LogP contribution in [0.15, 0.2) is 54.6 Å². The largest absolute Gasteiger partial charge is 0.508 e. The van der Waals surface area contributed by atoms with Crippen LogP contribution >= 0.6 is 11.6 Å². The zero-order valence-electron chi connectivity index (χ0n) is 22.1. The summed E-state index contributed by atoms with van der Waals surface area (Å²) in [6.07, 6.45) is 0.723. The van der Waals surface area contributed by atoms with Crippen LogP contribution in [0.4, 0.5) is 4.39 Å². The molecule has 5 rings (SSSR count). The lowest BCUT2D eigenvalue weighted by atomic mass is 9.86. The number of halogens is 2. The highest BCUT2D eigenvalue weighted by Crippen LogP contribution is 2.49. The van der Waals surface area contributed by atoms with Crippen molar-refractivity contribution in [1.29, 1.82) is 0 Å². The number of likely N-dealkylation sites (tertiary alicyclic amines) is 1. The second kappa shape index (κ2) is 10.9. The van der Waals surface area contributed by atoms with Crippen LogP contribution in [-0.2, 0) is 0 Å². The number of phenols is 1. The first-order valence-corrected chi connectivity index (χ1v) is 13.3. The molecule has 3 atom stereocenters. The molecule has 0 spiro atoms. The Balaban J connectivity index is 1.46. The van der Waals surface area contributed by atoms with Crippen LogP contribution in [0.25, 0.3) is 11.1 Å². The molecule has 5 nitrogen and oxygen atoms in total. The first kappa shape index (κ1) is 26.4. The van der Waals surface area contributed by atoms with Crippen molar-refractivity contribution in [3.8, 4) is 23.0 Å². The third-order valence-electron chi connectivity index (χ3n) is 7.56. The summed E-state index contributed by atoms with van der Waals surface area (Å²) in [5, 5.41) is 10.4. The lowest BCUT2D eigenvalue weighted by Gasteiger charge is -2.31. The lowest BCUT2D eigenvalue weighted by Crippen LogP contribution is -2.35. The van der Waals surface area contributed by atoms with Gasteiger partial charge < -0.3 is 19.3 Å². The second-order valence-corrected chi connectivity index (χ2v) is 10.7. The molecule has 7 heteroatoms. The Hall–Kier alpha value is -3.22. The Kier molecular flexibility index (Phi) is 7.55. The molecular weight excluding hydrogens is 505 g/mol. The highest BCUT2D eigenvalue weighted by atomic mass is 35.5. The fourth-order valence-corrected chi connectivity index (χ4v) is 5.59. The Morgan fingerprint density at radius 3 is 2.58 bits per heavy atom. The van der Waals surface area contributed by atoms with Crippen LogP contribution in [0.5, 0.6) is 23.0 Å². The third kappa shape index (κ3) is 5.20. The van der Waals surface area contributed by atoms with Gasteiger partial charge in [-0.3, -0.25) is 4.90 Å². The van der Waals surface area contributed by atoms with Crippen molar-refractivity contribution < 1.29 is 23.7 Å². The molecule has 3 aromatic rings. The van der Waals surface area contributed by atoms with Crippen molar-refractivity contribution >= 4 is 22.7 Å². The number of methoxy groups -OCH3 is 1. The van der Waals surface area contributed by atoms with Gasteiger partial charge in [0.05, 0.1) is 12.1 Å². The minimum atomic E-state index is -0.537. The zero-order valence-corrected chi connectivity index (χ0v) is 22.9. The fraction of sp³-hybridized carbons (Fsp3) is 0.355. The maximum atomic E-state index is 14.4. The third-order valence-corrected chi connectivity index (χ3v) is 7.88. The first-order valence-electron chi connectivity index (χ1n) is 13.0. The van der Waals surface area contributed by atoms with Gasteiger partial charge in [-0.1, -0.05) is 30.7 Å². The van der Waals surface area contributed by atoms with Gasteiger partial charge in [-0.25, -0.2) is 4.39 Å². The van der Waals surface area contributed by atoms with Gasteiger partial charge in [0.2, 0.25) is 0 Å². The molecule has 0 saturated carbocycles. The first-order chi connectivity index (χ1) is 18.2. The standard InChI is InChI=1S/C31H33ClFNO4/c1-18-11-12-34(16-18)19(2)17-37-23-8-5-21(6-9-23)31-30(25-14-29(36-4)27(33)15-26(25)32)20(3)24-13-22(35)7-10-28(24)38-31/h5-10,13-15,18-19,31,35H,11-12,16-17H2,1-4H3. The SMILES string of the molecule is COc1cc(C2=C(C)c3cc(O)ccc3OC2c2ccc(OCC(C)N3CCC(C)C3)cc2)c(Cl)cc1F. The van der Waals surface area contributed by atoms with Gasteiger partial charge in [-0.2, -0.15) is 0 Å². The Labute approximate surface area is 228 Å². The van der Waals surface area contributed by atoms with Crippen molar-refractivity contribution in [3.63, 3.8) is 0 Å². The molecule has 1 N–H and O–H groups in total. The highest BCUT2D eigenvalue weighted by molar-refractivity contribution is 6.32. The normalized spacial score (nSPS) is 20.2. The van der Waals surface area contributed by atoms with Crippen LogP contribution < -0.4 is 14.2 Å². The molecule has 3 aromatic carbocycles. The number of phenolic OH excluding ortho intramolecular Hbond substituents is 1. The van der Waals surface area contributed by atoms with Crippen LogP contribution in [0.1, 0.15) is 50.0 Å². The number of aromatic hydroxyl groups is 1. The number of hydrogen-bond donors (Lipinski definition) is 1. The van der Waals surface area contributed by atoms with Gasteiger partial charge in [0.25, 0.3) is 0 Å². The predicted molar refractivity (Wildman–Crippen MR) is 149 cm³/mol. The van der Waals surface area contributed by atoms with Gasteiger partial charge in [0, 0.05) is 29.3 Å². The summed E-state index contributed by atoms with van der Waals surface area (Å²) in [4.78, 5) is 2.48. The second-order valence-electron chi connectivity index (χ2n) is 10.3. The molecule has 1 saturated heterocycles. The maximum absolute atomic E-state index is 14.4. The summed E-state index contributed by atoms with van der Waals surface area (Å²) in [6.45, 7) is 9.31. The number of benzene rings is 3. The Bertz CT molecular complexity index is 1360. The molecule has 0 amide bonds. The predicted octanol–water partition coefficient (Wildman–Crippen LogP) is 7.37. The summed E-state index contributed by atoms with van der Waals surface area (Å²) in [6, 6.07) is 16.1. The summed E-state index contributed by atoms with van der Waals surface area (Å²) in [5.74, 6) is 1.86. The van der Waals surface area contributed by atoms with E-state index in [-0.39, 0.29) is 16.5 Å². The van der Waals surface area contributed by atoms with E-state index in [1.807, 2.05) is 31.2 Å². The van der Waals surface area contributed by atoms with Crippen molar-refractivity contribution in [2.24, 2.45) is 5.92 Å². The molecule has 0 bridgehead atoms. The smallest absolute Gasteiger partial charge is 0.166 e. The van der Waals surface area contributed by atoms with Crippen molar-refractivity contribution in [1.82, 2.24) is 4.90 Å². The van der Waals surface area contributed by atoms with E-state index in [0.29, 0.717) is 24.0 Å². The topological polar surface area (TPSA) is 51.2 Å². The number of allylic oxidation sites excluding steroid dienone is 1. The minimum Gasteiger partial charge on any atom is -0.508 e. The van der Waals surface area contributed by atoms with Crippen molar-refractivity contribution in [2.75, 3.05) is 26.8 Å². The molecule has 0 aromatic heterocycles. The summed E-state index contributed by atoms with van der Waals surface area (Å²) >= 11 is 6.57. The Morgan fingerprint density at radius 1 is 1.13 bits per heavy atom. The van der Waals surface area contributed by atoms with E-state index in [4.69, 9.17) is 25.8 Å². The van der Waals surface area contributed by atoms with E-state index in [1.54, 1.807) is 24.3 Å². The lowest BCUT2D eigenvalue weighted by molar-refractivity contribution is 0.169. The van der Waals surface area contributed by atoms with E-state index >= 15 is 0 Å². The van der Waals surface area contributed by atoms with E-state index in [2.05, 4.69) is 18.7 Å². The van der Waals surface area contributed by atoms with Gasteiger partial charge in [-0.05, 0) is 86.3 Å². The number of nitrogens with zero attached hydrogens (tertiary/aromatic N) is 1. The van der Waals surface area contributed by atoms with E-state index in [1.165, 1.54) is 19.6 Å². The van der Waals surface area contributed by atoms with Crippen LogP contribution in [0.2, 0.25) is 5.02 Å². The molecule has 2 aliphatic heterocycles. The number of fused-ring (bicyclic) bond motifs is 1. The molecule has 0 radical (unpaired) electrons. The number of rotatable bonds is 7. The molecular formula is C31H33ClFNO4. The number of hydrogen-bond acceptors (Lipinski definition) is 5. The molecule has 200 valence electrons. The average molecular weight is 538 g/mol. The molecule has 38 heavy (non-hydrogen) atoms. The van der Waals surface area contributed by atoms with Crippen LogP contribution in [-0.4, -0.2) is 42.9 Å². The summed E-state index contributed by atoms with van der Waals surface area (Å²) in [5.41, 5.74) is 3.90. The van der Waals surface area contributed by atoms with Gasteiger partial charge in [0.1, 0.15) is 30.0 Å². The van der Waals surface area contributed by atoms with E-state index in [9.17, 15) is 9.50 Å². The summed E-state index contributed by atoms with van der Waals surface area (Å²) in [7, 11) is 1.42. The summed E-state index contributed by atoms with van der Waals surface area (Å²) < 4.78 is 32.2. The van der Waals surface area contributed by atoms with Crippen molar-refractivity contribution in [2.45, 2.75) is 39.3 Å². The van der Waals surface area contributed by atoms with E-state index < -0.39 is 11.9 Å².